The molecule has 0 fully saturated rings. The molecule has 0 radical (unpaired) electrons. The second kappa shape index (κ2) is 6.37. The summed E-state index contributed by atoms with van der Waals surface area (Å²) in [5.41, 5.74) is 3.88. The highest BCUT2D eigenvalue weighted by Crippen LogP contribution is 2.10. The van der Waals surface area contributed by atoms with Crippen molar-refractivity contribution in [3.63, 3.8) is 0 Å². The van der Waals surface area contributed by atoms with Crippen molar-refractivity contribution in [3.8, 4) is 0 Å². The molecule has 1 aromatic heterocycles. The maximum atomic E-state index is 13.4. The molecule has 1 aromatic carbocycles. The first-order valence-corrected chi connectivity index (χ1v) is 6.71. The first kappa shape index (κ1) is 14.3. The van der Waals surface area contributed by atoms with Gasteiger partial charge in [0.15, 0.2) is 0 Å². The highest BCUT2D eigenvalue weighted by Gasteiger charge is 2.08. The van der Waals surface area contributed by atoms with Gasteiger partial charge in [-0.15, -0.1) is 0 Å². The Morgan fingerprint density at radius 2 is 2.00 bits per heavy atom. The van der Waals surface area contributed by atoms with Crippen LogP contribution in [0.4, 0.5) is 4.39 Å². The summed E-state index contributed by atoms with van der Waals surface area (Å²) in [6.07, 6.45) is 0.858. The lowest BCUT2D eigenvalue weighted by molar-refractivity contribution is -0.120. The quantitative estimate of drug-likeness (QED) is 0.865. The number of amides is 1. The predicted octanol–water partition coefficient (Wildman–Crippen LogP) is 2.67. The molecule has 4 heteroatoms. The lowest BCUT2D eigenvalue weighted by Crippen LogP contribution is -2.27. The Morgan fingerprint density at radius 1 is 1.25 bits per heavy atom. The normalized spacial score (nSPS) is 10.6. The number of H-pyrrole nitrogens is 1. The Kier molecular flexibility index (Phi) is 4.56. The average molecular weight is 274 g/mol. The van der Waals surface area contributed by atoms with Crippen LogP contribution in [0.5, 0.6) is 0 Å². The van der Waals surface area contributed by atoms with Gasteiger partial charge in [-0.1, -0.05) is 18.2 Å². The summed E-state index contributed by atoms with van der Waals surface area (Å²) in [6, 6.07) is 8.44. The Morgan fingerprint density at radius 3 is 2.65 bits per heavy atom. The Balaban J connectivity index is 1.81. The minimum Gasteiger partial charge on any atom is -0.362 e. The van der Waals surface area contributed by atoms with Gasteiger partial charge in [0.25, 0.3) is 0 Å². The summed E-state index contributed by atoms with van der Waals surface area (Å²) in [4.78, 5) is 15.0. The van der Waals surface area contributed by atoms with Crippen molar-refractivity contribution in [2.24, 2.45) is 0 Å². The molecule has 2 aromatic rings. The summed E-state index contributed by atoms with van der Waals surface area (Å²) in [5, 5.41) is 2.82. The van der Waals surface area contributed by atoms with Crippen molar-refractivity contribution in [2.75, 3.05) is 6.54 Å². The van der Waals surface area contributed by atoms with Crippen LogP contribution < -0.4 is 5.32 Å². The van der Waals surface area contributed by atoms with E-state index in [0.717, 1.165) is 17.8 Å². The highest BCUT2D eigenvalue weighted by molar-refractivity contribution is 5.78. The fourth-order valence-electron chi connectivity index (χ4n) is 2.26. The summed E-state index contributed by atoms with van der Waals surface area (Å²) >= 11 is 0. The molecule has 2 rings (SSSR count). The monoisotopic (exact) mass is 274 g/mol. The van der Waals surface area contributed by atoms with Gasteiger partial charge in [0.05, 0.1) is 6.42 Å². The number of aromatic nitrogens is 1. The molecule has 0 saturated carbocycles. The van der Waals surface area contributed by atoms with E-state index >= 15 is 0 Å². The van der Waals surface area contributed by atoms with Crippen LogP contribution in [0.1, 0.15) is 22.5 Å². The van der Waals surface area contributed by atoms with Gasteiger partial charge in [0.1, 0.15) is 5.82 Å². The van der Waals surface area contributed by atoms with Crippen LogP contribution in [0.3, 0.4) is 0 Å². The zero-order valence-corrected chi connectivity index (χ0v) is 11.8. The average Bonchev–Trinajstić information content (AvgIpc) is 2.71. The lowest BCUT2D eigenvalue weighted by Gasteiger charge is -2.06. The number of hydrogen-bond donors (Lipinski definition) is 2. The molecule has 2 N–H and O–H groups in total. The van der Waals surface area contributed by atoms with E-state index in [-0.39, 0.29) is 18.1 Å². The Bertz CT molecular complexity index is 604. The topological polar surface area (TPSA) is 44.9 Å². The smallest absolute Gasteiger partial charge is 0.224 e. The van der Waals surface area contributed by atoms with Crippen LogP contribution in [0.15, 0.2) is 30.3 Å². The van der Waals surface area contributed by atoms with Gasteiger partial charge in [-0.3, -0.25) is 4.79 Å². The zero-order chi connectivity index (χ0) is 14.5. The zero-order valence-electron chi connectivity index (χ0n) is 11.8. The molecular formula is C16H19FN2O. The third-order valence-electron chi connectivity index (χ3n) is 3.28. The predicted molar refractivity (Wildman–Crippen MR) is 77.1 cm³/mol. The van der Waals surface area contributed by atoms with Gasteiger partial charge in [-0.05, 0) is 43.5 Å². The fraction of sp³-hybridized carbons (Fsp3) is 0.312. The lowest BCUT2D eigenvalue weighted by atomic mass is 10.1. The maximum Gasteiger partial charge on any atom is 0.224 e. The van der Waals surface area contributed by atoms with Crippen molar-refractivity contribution in [1.29, 1.82) is 0 Å². The number of aromatic amines is 1. The SMILES string of the molecule is Cc1cc(CCNC(=O)Cc2ccccc2F)c(C)[nH]1. The summed E-state index contributed by atoms with van der Waals surface area (Å²) in [5.74, 6) is -0.486. The standard InChI is InChI=1S/C16H19FN2O/c1-11-9-13(12(2)19-11)7-8-18-16(20)10-14-5-3-4-6-15(14)17/h3-6,9,19H,7-8,10H2,1-2H3,(H,18,20). The Hall–Kier alpha value is -2.10. The molecule has 0 aliphatic carbocycles. The number of carbonyl (C=O) groups excluding carboxylic acids is 1. The molecule has 0 bridgehead atoms. The first-order chi connectivity index (χ1) is 9.56. The van der Waals surface area contributed by atoms with Crippen LogP contribution in [0.25, 0.3) is 0 Å². The van der Waals surface area contributed by atoms with Gasteiger partial charge in [0.2, 0.25) is 5.91 Å². The van der Waals surface area contributed by atoms with Gasteiger partial charge in [-0.2, -0.15) is 0 Å². The summed E-state index contributed by atoms with van der Waals surface area (Å²) < 4.78 is 13.4. The molecule has 0 atom stereocenters. The van der Waals surface area contributed by atoms with Crippen LogP contribution in [0, 0.1) is 19.7 Å². The van der Waals surface area contributed by atoms with Crippen molar-refractivity contribution in [2.45, 2.75) is 26.7 Å². The van der Waals surface area contributed by atoms with E-state index < -0.39 is 0 Å². The van der Waals surface area contributed by atoms with E-state index in [1.165, 1.54) is 11.6 Å². The number of hydrogen-bond acceptors (Lipinski definition) is 1. The van der Waals surface area contributed by atoms with Crippen molar-refractivity contribution in [3.05, 3.63) is 58.7 Å². The molecule has 1 amide bonds. The van der Waals surface area contributed by atoms with Gasteiger partial charge in [-0.25, -0.2) is 4.39 Å². The third-order valence-corrected chi connectivity index (χ3v) is 3.28. The molecule has 20 heavy (non-hydrogen) atoms. The number of benzene rings is 1. The van der Waals surface area contributed by atoms with Crippen molar-refractivity contribution in [1.82, 2.24) is 10.3 Å². The van der Waals surface area contributed by atoms with Gasteiger partial charge < -0.3 is 10.3 Å². The third kappa shape index (κ3) is 3.70. The van der Waals surface area contributed by atoms with Crippen LogP contribution in [0.2, 0.25) is 0 Å². The number of nitrogens with one attached hydrogen (secondary N) is 2. The first-order valence-electron chi connectivity index (χ1n) is 6.71. The van der Waals surface area contributed by atoms with Crippen LogP contribution >= 0.6 is 0 Å². The minimum atomic E-state index is -0.334. The second-order valence-corrected chi connectivity index (χ2v) is 4.97. The molecule has 0 unspecified atom stereocenters. The van der Waals surface area contributed by atoms with E-state index in [4.69, 9.17) is 0 Å². The van der Waals surface area contributed by atoms with E-state index in [1.54, 1.807) is 18.2 Å². The molecule has 3 nitrogen and oxygen atoms in total. The summed E-state index contributed by atoms with van der Waals surface area (Å²) in [7, 11) is 0. The molecular weight excluding hydrogens is 255 g/mol. The van der Waals surface area contributed by atoms with E-state index in [1.807, 2.05) is 13.8 Å². The van der Waals surface area contributed by atoms with Crippen molar-refractivity contribution >= 4 is 5.91 Å². The van der Waals surface area contributed by atoms with Gasteiger partial charge in [0, 0.05) is 17.9 Å². The molecule has 106 valence electrons. The molecule has 1 heterocycles. The highest BCUT2D eigenvalue weighted by atomic mass is 19.1. The van der Waals surface area contributed by atoms with Gasteiger partial charge >= 0.3 is 0 Å². The van der Waals surface area contributed by atoms with E-state index in [0.29, 0.717) is 12.1 Å². The number of halogens is 1. The summed E-state index contributed by atoms with van der Waals surface area (Å²) in [6.45, 7) is 4.59. The van der Waals surface area contributed by atoms with Crippen molar-refractivity contribution < 1.29 is 9.18 Å². The van der Waals surface area contributed by atoms with E-state index in [2.05, 4.69) is 16.4 Å². The number of carbonyl (C=O) groups is 1. The molecule has 0 saturated heterocycles. The molecule has 0 aliphatic rings. The largest absolute Gasteiger partial charge is 0.362 e. The van der Waals surface area contributed by atoms with Crippen LogP contribution in [-0.2, 0) is 17.6 Å². The van der Waals surface area contributed by atoms with E-state index in [9.17, 15) is 9.18 Å². The fourth-order valence-corrected chi connectivity index (χ4v) is 2.26. The Labute approximate surface area is 118 Å². The second-order valence-electron chi connectivity index (χ2n) is 4.97. The maximum absolute atomic E-state index is 13.4. The molecule has 0 aliphatic heterocycles. The number of rotatable bonds is 5. The minimum absolute atomic E-state index is 0.0812. The molecule has 0 spiro atoms. The number of aryl methyl sites for hydroxylation is 2. The van der Waals surface area contributed by atoms with Crippen LogP contribution in [-0.4, -0.2) is 17.4 Å².